The standard InChI is InChI=1S/C15H19ClN2O5S2/c16-14-9-12(18-6-1-2-7-25(18,22)23)3-4-13(14)15(19)17-11-5-8-24(20,21)10-11/h3-4,9,11H,1-2,5-8,10H2,(H,17,19)/t11-/m0/s1. The van der Waals surface area contributed by atoms with E-state index in [1.807, 2.05) is 0 Å². The van der Waals surface area contributed by atoms with Gasteiger partial charge >= 0.3 is 0 Å². The zero-order chi connectivity index (χ0) is 18.2. The highest BCUT2D eigenvalue weighted by Crippen LogP contribution is 2.28. The van der Waals surface area contributed by atoms with E-state index in [4.69, 9.17) is 11.6 Å². The third-order valence-electron chi connectivity index (χ3n) is 4.40. The fourth-order valence-electron chi connectivity index (χ4n) is 3.09. The van der Waals surface area contributed by atoms with Crippen molar-refractivity contribution in [1.29, 1.82) is 0 Å². The highest BCUT2D eigenvalue weighted by molar-refractivity contribution is 7.92. The number of sulfonamides is 1. The van der Waals surface area contributed by atoms with Crippen LogP contribution in [0.2, 0.25) is 5.02 Å². The Labute approximate surface area is 152 Å². The van der Waals surface area contributed by atoms with Crippen LogP contribution in [0.3, 0.4) is 0 Å². The Morgan fingerprint density at radius 1 is 1.16 bits per heavy atom. The molecule has 0 bridgehead atoms. The highest BCUT2D eigenvalue weighted by atomic mass is 35.5. The lowest BCUT2D eigenvalue weighted by Crippen LogP contribution is -2.38. The summed E-state index contributed by atoms with van der Waals surface area (Å²) in [6.07, 6.45) is 1.79. The first-order valence-electron chi connectivity index (χ1n) is 7.99. The van der Waals surface area contributed by atoms with Gasteiger partial charge in [-0.25, -0.2) is 16.8 Å². The monoisotopic (exact) mass is 406 g/mol. The molecule has 0 spiro atoms. The molecule has 0 aliphatic carbocycles. The summed E-state index contributed by atoms with van der Waals surface area (Å²) in [5, 5.41) is 2.81. The molecule has 1 aromatic rings. The molecule has 7 nitrogen and oxygen atoms in total. The van der Waals surface area contributed by atoms with Crippen LogP contribution in [0, 0.1) is 0 Å². The summed E-state index contributed by atoms with van der Waals surface area (Å²) in [7, 11) is -6.44. The van der Waals surface area contributed by atoms with E-state index in [2.05, 4.69) is 5.32 Å². The minimum Gasteiger partial charge on any atom is -0.348 e. The van der Waals surface area contributed by atoms with Crippen LogP contribution in [0.25, 0.3) is 0 Å². The van der Waals surface area contributed by atoms with Gasteiger partial charge in [-0.1, -0.05) is 11.6 Å². The Hall–Kier alpha value is -1.32. The third-order valence-corrected chi connectivity index (χ3v) is 8.35. The molecule has 3 rings (SSSR count). The topological polar surface area (TPSA) is 101 Å². The Bertz CT molecular complexity index is 898. The minimum atomic E-state index is -3.35. The van der Waals surface area contributed by atoms with E-state index in [9.17, 15) is 21.6 Å². The smallest absolute Gasteiger partial charge is 0.253 e. The molecule has 10 heteroatoms. The molecule has 2 aliphatic rings. The predicted octanol–water partition coefficient (Wildman–Crippen LogP) is 1.19. The van der Waals surface area contributed by atoms with Crippen LogP contribution in [0.4, 0.5) is 5.69 Å². The van der Waals surface area contributed by atoms with Crippen molar-refractivity contribution in [1.82, 2.24) is 5.32 Å². The van der Waals surface area contributed by atoms with Gasteiger partial charge < -0.3 is 5.32 Å². The first-order chi connectivity index (χ1) is 11.7. The van der Waals surface area contributed by atoms with Crippen molar-refractivity contribution in [2.75, 3.05) is 28.1 Å². The van der Waals surface area contributed by atoms with Gasteiger partial charge in [0, 0.05) is 12.6 Å². The molecule has 2 saturated heterocycles. The van der Waals surface area contributed by atoms with Crippen LogP contribution in [-0.4, -0.2) is 52.6 Å². The Balaban J connectivity index is 1.77. The Morgan fingerprint density at radius 2 is 1.92 bits per heavy atom. The average molecular weight is 407 g/mol. The van der Waals surface area contributed by atoms with Gasteiger partial charge in [-0.3, -0.25) is 9.10 Å². The normalized spacial score (nSPS) is 24.8. The maximum absolute atomic E-state index is 12.3. The molecule has 1 amide bonds. The number of rotatable bonds is 3. The molecule has 138 valence electrons. The number of carbonyl (C=O) groups is 1. The molecule has 25 heavy (non-hydrogen) atoms. The Morgan fingerprint density at radius 3 is 2.52 bits per heavy atom. The van der Waals surface area contributed by atoms with Gasteiger partial charge in [0.25, 0.3) is 5.91 Å². The van der Waals surface area contributed by atoms with Crippen LogP contribution in [-0.2, 0) is 19.9 Å². The van der Waals surface area contributed by atoms with Crippen LogP contribution in [0.1, 0.15) is 29.6 Å². The van der Waals surface area contributed by atoms with Gasteiger partial charge in [-0.2, -0.15) is 0 Å². The molecular formula is C15H19ClN2O5S2. The van der Waals surface area contributed by atoms with Gasteiger partial charge in [0.2, 0.25) is 10.0 Å². The number of halogens is 1. The van der Waals surface area contributed by atoms with Crippen molar-refractivity contribution in [2.45, 2.75) is 25.3 Å². The van der Waals surface area contributed by atoms with Crippen LogP contribution in [0.15, 0.2) is 18.2 Å². The number of hydrogen-bond acceptors (Lipinski definition) is 5. The molecular weight excluding hydrogens is 388 g/mol. The first kappa shape index (κ1) is 18.5. The van der Waals surface area contributed by atoms with Crippen molar-refractivity contribution in [2.24, 2.45) is 0 Å². The van der Waals surface area contributed by atoms with Crippen LogP contribution >= 0.6 is 11.6 Å². The molecule has 1 aromatic carbocycles. The van der Waals surface area contributed by atoms with Gasteiger partial charge in [0.05, 0.1) is 33.5 Å². The van der Waals surface area contributed by atoms with Crippen LogP contribution in [0.5, 0.6) is 0 Å². The summed E-state index contributed by atoms with van der Waals surface area (Å²) in [5.41, 5.74) is 0.633. The number of benzene rings is 1. The van der Waals surface area contributed by atoms with Crippen molar-refractivity contribution in [3.8, 4) is 0 Å². The van der Waals surface area contributed by atoms with E-state index in [0.717, 1.165) is 6.42 Å². The number of hydrogen-bond donors (Lipinski definition) is 1. The average Bonchev–Trinajstić information content (AvgIpc) is 2.85. The van der Waals surface area contributed by atoms with Gasteiger partial charge in [-0.05, 0) is 37.5 Å². The van der Waals surface area contributed by atoms with E-state index in [0.29, 0.717) is 25.1 Å². The highest BCUT2D eigenvalue weighted by Gasteiger charge is 2.30. The second kappa shape index (κ2) is 6.77. The zero-order valence-electron chi connectivity index (χ0n) is 13.4. The van der Waals surface area contributed by atoms with E-state index in [1.165, 1.54) is 16.4 Å². The SMILES string of the molecule is O=C(N[C@H]1CCS(=O)(=O)C1)c1ccc(N2CCCCS2(=O)=O)cc1Cl. The summed E-state index contributed by atoms with van der Waals surface area (Å²) in [6.45, 7) is 0.393. The number of sulfone groups is 1. The molecule has 2 heterocycles. The molecule has 0 aromatic heterocycles. The summed E-state index contributed by atoms with van der Waals surface area (Å²) in [4.78, 5) is 12.3. The maximum atomic E-state index is 12.3. The maximum Gasteiger partial charge on any atom is 0.253 e. The number of carbonyl (C=O) groups excluding carboxylic acids is 1. The summed E-state index contributed by atoms with van der Waals surface area (Å²) < 4.78 is 48.5. The lowest BCUT2D eigenvalue weighted by atomic mass is 10.1. The molecule has 2 aliphatic heterocycles. The number of nitrogens with one attached hydrogen (secondary N) is 1. The van der Waals surface area contributed by atoms with E-state index in [1.54, 1.807) is 6.07 Å². The van der Waals surface area contributed by atoms with Crippen LogP contribution < -0.4 is 9.62 Å². The van der Waals surface area contributed by atoms with Crippen molar-refractivity contribution in [3.05, 3.63) is 28.8 Å². The lowest BCUT2D eigenvalue weighted by Gasteiger charge is -2.28. The number of amides is 1. The second-order valence-corrected chi connectivity index (χ2v) is 11.0. The molecule has 0 unspecified atom stereocenters. The zero-order valence-corrected chi connectivity index (χ0v) is 15.8. The Kier molecular flexibility index (Phi) is 5.00. The number of anilines is 1. The van der Waals surface area contributed by atoms with Crippen molar-refractivity contribution >= 4 is 43.1 Å². The summed E-state index contributed by atoms with van der Waals surface area (Å²) in [6, 6.07) is 4.07. The van der Waals surface area contributed by atoms with Gasteiger partial charge in [0.1, 0.15) is 0 Å². The largest absolute Gasteiger partial charge is 0.348 e. The molecule has 0 radical (unpaired) electrons. The fourth-order valence-corrected chi connectivity index (χ4v) is 6.66. The second-order valence-electron chi connectivity index (χ2n) is 6.33. The molecule has 2 fully saturated rings. The number of nitrogens with zero attached hydrogens (tertiary/aromatic N) is 1. The molecule has 1 N–H and O–H groups in total. The quantitative estimate of drug-likeness (QED) is 0.812. The van der Waals surface area contributed by atoms with E-state index in [-0.39, 0.29) is 27.8 Å². The van der Waals surface area contributed by atoms with E-state index < -0.39 is 31.8 Å². The first-order valence-corrected chi connectivity index (χ1v) is 11.8. The van der Waals surface area contributed by atoms with Crippen molar-refractivity contribution in [3.63, 3.8) is 0 Å². The van der Waals surface area contributed by atoms with Gasteiger partial charge in [-0.15, -0.1) is 0 Å². The summed E-state index contributed by atoms with van der Waals surface area (Å²) >= 11 is 6.18. The van der Waals surface area contributed by atoms with Gasteiger partial charge in [0.15, 0.2) is 9.84 Å². The van der Waals surface area contributed by atoms with E-state index >= 15 is 0 Å². The summed E-state index contributed by atoms with van der Waals surface area (Å²) in [5.74, 6) is -0.360. The molecule has 1 atom stereocenters. The minimum absolute atomic E-state index is 0.0669. The molecule has 0 saturated carbocycles. The predicted molar refractivity (Wildman–Crippen MR) is 96.3 cm³/mol. The van der Waals surface area contributed by atoms with Crippen molar-refractivity contribution < 1.29 is 21.6 Å². The fraction of sp³-hybridized carbons (Fsp3) is 0.533. The third kappa shape index (κ3) is 4.09. The lowest BCUT2D eigenvalue weighted by molar-refractivity contribution is 0.0941.